The maximum Gasteiger partial charge on any atom is 0.241 e. The van der Waals surface area contributed by atoms with Crippen LogP contribution in [0.1, 0.15) is 19.8 Å². The van der Waals surface area contributed by atoms with Gasteiger partial charge in [0, 0.05) is 17.8 Å². The Morgan fingerprint density at radius 2 is 1.71 bits per heavy atom. The van der Waals surface area contributed by atoms with Crippen molar-refractivity contribution in [3.63, 3.8) is 0 Å². The number of rotatable bonds is 7. The average Bonchev–Trinajstić information content (AvgIpc) is 2.46. The van der Waals surface area contributed by atoms with Crippen molar-refractivity contribution in [1.82, 2.24) is 0 Å². The van der Waals surface area contributed by atoms with Gasteiger partial charge in [-0.1, -0.05) is 13.3 Å². The predicted molar refractivity (Wildman–Crippen MR) is 84.9 cm³/mol. The van der Waals surface area contributed by atoms with Crippen LogP contribution in [0.5, 0.6) is 17.2 Å². The van der Waals surface area contributed by atoms with Gasteiger partial charge in [0.05, 0.1) is 27.4 Å². The number of methoxy groups -OCH3 is 3. The second kappa shape index (κ2) is 9.31. The van der Waals surface area contributed by atoms with Crippen LogP contribution in [0, 0.1) is 0 Å². The largest absolute Gasteiger partial charge is 0.493 e. The van der Waals surface area contributed by atoms with Gasteiger partial charge in [-0.25, -0.2) is 0 Å². The van der Waals surface area contributed by atoms with Gasteiger partial charge in [0.1, 0.15) is 0 Å². The fourth-order valence-electron chi connectivity index (χ4n) is 1.83. The molecule has 7 heteroatoms. The van der Waals surface area contributed by atoms with Crippen LogP contribution in [0.15, 0.2) is 12.1 Å². The molecule has 3 N–H and O–H groups in total. The van der Waals surface area contributed by atoms with E-state index in [1.54, 1.807) is 12.1 Å². The Morgan fingerprint density at radius 3 is 2.10 bits per heavy atom. The lowest BCUT2D eigenvalue weighted by molar-refractivity contribution is -0.117. The smallest absolute Gasteiger partial charge is 0.241 e. The molecule has 0 spiro atoms. The van der Waals surface area contributed by atoms with E-state index in [1.807, 2.05) is 6.92 Å². The van der Waals surface area contributed by atoms with E-state index >= 15 is 0 Å². The summed E-state index contributed by atoms with van der Waals surface area (Å²) in [5.74, 6) is 1.20. The molecule has 0 radical (unpaired) electrons. The number of halogens is 1. The van der Waals surface area contributed by atoms with E-state index < -0.39 is 6.04 Å². The first-order valence-corrected chi connectivity index (χ1v) is 6.43. The molecule has 0 aliphatic heterocycles. The van der Waals surface area contributed by atoms with Gasteiger partial charge in [-0.05, 0) is 6.42 Å². The topological polar surface area (TPSA) is 82.8 Å². The van der Waals surface area contributed by atoms with Crippen LogP contribution in [0.25, 0.3) is 0 Å². The zero-order valence-corrected chi connectivity index (χ0v) is 13.6. The molecule has 0 fully saturated rings. The van der Waals surface area contributed by atoms with Gasteiger partial charge in [-0.2, -0.15) is 0 Å². The van der Waals surface area contributed by atoms with E-state index in [4.69, 9.17) is 19.9 Å². The number of ether oxygens (including phenoxy) is 3. The lowest BCUT2D eigenvalue weighted by Crippen LogP contribution is -2.35. The molecule has 21 heavy (non-hydrogen) atoms. The predicted octanol–water partition coefficient (Wildman–Crippen LogP) is 2.20. The van der Waals surface area contributed by atoms with Gasteiger partial charge in [-0.15, -0.1) is 12.4 Å². The number of nitrogens with two attached hydrogens (primary N) is 1. The zero-order valence-electron chi connectivity index (χ0n) is 12.8. The minimum Gasteiger partial charge on any atom is -0.493 e. The lowest BCUT2D eigenvalue weighted by Gasteiger charge is -2.16. The Balaban J connectivity index is 0.00000400. The van der Waals surface area contributed by atoms with E-state index in [2.05, 4.69) is 5.32 Å². The number of anilines is 1. The summed E-state index contributed by atoms with van der Waals surface area (Å²) in [6.45, 7) is 1.98. The van der Waals surface area contributed by atoms with Crippen LogP contribution in [0.4, 0.5) is 5.69 Å². The molecule has 0 saturated carbocycles. The highest BCUT2D eigenvalue weighted by Crippen LogP contribution is 2.39. The van der Waals surface area contributed by atoms with Crippen LogP contribution in [0.2, 0.25) is 0 Å². The molecule has 0 aromatic heterocycles. The van der Waals surface area contributed by atoms with Crippen molar-refractivity contribution in [2.24, 2.45) is 5.73 Å². The van der Waals surface area contributed by atoms with Crippen LogP contribution in [-0.4, -0.2) is 33.3 Å². The van der Waals surface area contributed by atoms with Crippen LogP contribution in [0.3, 0.4) is 0 Å². The first-order valence-electron chi connectivity index (χ1n) is 6.43. The third kappa shape index (κ3) is 4.99. The molecular weight excluding hydrogens is 296 g/mol. The molecule has 1 unspecified atom stereocenters. The van der Waals surface area contributed by atoms with Crippen molar-refractivity contribution in [3.8, 4) is 17.2 Å². The van der Waals surface area contributed by atoms with Gasteiger partial charge < -0.3 is 25.3 Å². The minimum atomic E-state index is -0.529. The van der Waals surface area contributed by atoms with Crippen LogP contribution >= 0.6 is 12.4 Å². The minimum absolute atomic E-state index is 0. The van der Waals surface area contributed by atoms with Crippen molar-refractivity contribution < 1.29 is 19.0 Å². The first kappa shape index (κ1) is 19.3. The van der Waals surface area contributed by atoms with E-state index in [1.165, 1.54) is 21.3 Å². The molecule has 0 aliphatic rings. The Labute approximate surface area is 131 Å². The molecule has 1 aromatic rings. The summed E-state index contributed by atoms with van der Waals surface area (Å²) < 4.78 is 15.7. The van der Waals surface area contributed by atoms with Crippen molar-refractivity contribution in [1.29, 1.82) is 0 Å². The second-order valence-corrected chi connectivity index (χ2v) is 4.30. The summed E-state index contributed by atoms with van der Waals surface area (Å²) in [4.78, 5) is 11.9. The van der Waals surface area contributed by atoms with Gasteiger partial charge in [0.2, 0.25) is 11.7 Å². The first-order chi connectivity index (χ1) is 9.57. The molecule has 0 heterocycles. The number of benzene rings is 1. The number of amides is 1. The SMILES string of the molecule is CCCC(N)C(=O)Nc1cc(OC)c(OC)c(OC)c1.Cl. The zero-order chi connectivity index (χ0) is 15.1. The average molecular weight is 319 g/mol. The summed E-state index contributed by atoms with van der Waals surface area (Å²) in [6, 6.07) is 2.80. The van der Waals surface area contributed by atoms with Gasteiger partial charge in [-0.3, -0.25) is 4.79 Å². The molecule has 6 nitrogen and oxygen atoms in total. The number of hydrogen-bond donors (Lipinski definition) is 2. The fraction of sp³-hybridized carbons (Fsp3) is 0.500. The molecular formula is C14H23ClN2O4. The van der Waals surface area contributed by atoms with E-state index in [9.17, 15) is 4.79 Å². The Kier molecular flexibility index (Phi) is 8.57. The number of hydrogen-bond acceptors (Lipinski definition) is 5. The molecule has 120 valence electrons. The van der Waals surface area contributed by atoms with Crippen molar-refractivity contribution >= 4 is 24.0 Å². The Bertz CT molecular complexity index is 443. The normalized spacial score (nSPS) is 11.1. The molecule has 1 atom stereocenters. The maximum atomic E-state index is 11.9. The standard InChI is InChI=1S/C14H22N2O4.ClH/c1-5-6-10(15)14(17)16-9-7-11(18-2)13(20-4)12(8-9)19-3;/h7-8,10H,5-6,15H2,1-4H3,(H,16,17);1H. The summed E-state index contributed by atoms with van der Waals surface area (Å²) in [6.07, 6.45) is 1.49. The molecule has 1 amide bonds. The summed E-state index contributed by atoms with van der Waals surface area (Å²) in [5.41, 5.74) is 6.33. The molecule has 0 saturated heterocycles. The van der Waals surface area contributed by atoms with Gasteiger partial charge in [0.15, 0.2) is 11.5 Å². The highest BCUT2D eigenvalue weighted by atomic mass is 35.5. The lowest BCUT2D eigenvalue weighted by atomic mass is 10.1. The monoisotopic (exact) mass is 318 g/mol. The van der Waals surface area contributed by atoms with Crippen molar-refractivity contribution in [2.45, 2.75) is 25.8 Å². The second-order valence-electron chi connectivity index (χ2n) is 4.30. The van der Waals surface area contributed by atoms with Crippen molar-refractivity contribution in [2.75, 3.05) is 26.6 Å². The van der Waals surface area contributed by atoms with E-state index in [0.29, 0.717) is 29.4 Å². The van der Waals surface area contributed by atoms with Gasteiger partial charge >= 0.3 is 0 Å². The van der Waals surface area contributed by atoms with E-state index in [-0.39, 0.29) is 18.3 Å². The fourth-order valence-corrected chi connectivity index (χ4v) is 1.83. The molecule has 0 bridgehead atoms. The highest BCUT2D eigenvalue weighted by Gasteiger charge is 2.17. The van der Waals surface area contributed by atoms with Crippen LogP contribution in [-0.2, 0) is 4.79 Å². The highest BCUT2D eigenvalue weighted by molar-refractivity contribution is 5.95. The number of nitrogens with one attached hydrogen (secondary N) is 1. The molecule has 1 aromatic carbocycles. The third-order valence-corrected chi connectivity index (χ3v) is 2.87. The molecule has 0 aliphatic carbocycles. The summed E-state index contributed by atoms with van der Waals surface area (Å²) >= 11 is 0. The maximum absolute atomic E-state index is 11.9. The number of carbonyl (C=O) groups is 1. The third-order valence-electron chi connectivity index (χ3n) is 2.87. The Hall–Kier alpha value is -1.66. The van der Waals surface area contributed by atoms with E-state index in [0.717, 1.165) is 6.42 Å². The summed E-state index contributed by atoms with van der Waals surface area (Å²) in [5, 5.41) is 2.75. The Morgan fingerprint density at radius 1 is 1.19 bits per heavy atom. The number of carbonyl (C=O) groups excluding carboxylic acids is 1. The van der Waals surface area contributed by atoms with Crippen LogP contribution < -0.4 is 25.3 Å². The quantitative estimate of drug-likeness (QED) is 0.805. The van der Waals surface area contributed by atoms with Crippen molar-refractivity contribution in [3.05, 3.63) is 12.1 Å². The van der Waals surface area contributed by atoms with Gasteiger partial charge in [0.25, 0.3) is 0 Å². The molecule has 1 rings (SSSR count). The summed E-state index contributed by atoms with van der Waals surface area (Å²) in [7, 11) is 4.56.